The van der Waals surface area contributed by atoms with Crippen LogP contribution in [0.15, 0.2) is 35.2 Å². The van der Waals surface area contributed by atoms with E-state index in [1.54, 1.807) is 4.90 Å². The molecule has 28 heavy (non-hydrogen) atoms. The van der Waals surface area contributed by atoms with Crippen molar-refractivity contribution in [2.75, 3.05) is 6.26 Å². The maximum atomic E-state index is 2.76. The zero-order valence-corrected chi connectivity index (χ0v) is 20.1. The van der Waals surface area contributed by atoms with Crippen molar-refractivity contribution in [3.05, 3.63) is 30.3 Å². The van der Waals surface area contributed by atoms with Crippen LogP contribution < -0.4 is 0 Å². The van der Waals surface area contributed by atoms with E-state index in [-0.39, 0.29) is 0 Å². The van der Waals surface area contributed by atoms with Gasteiger partial charge in [0, 0.05) is 0 Å². The second kappa shape index (κ2) is 10.1. The summed E-state index contributed by atoms with van der Waals surface area (Å²) >= 11 is 0. The molecule has 3 rings (SSSR count). The summed E-state index contributed by atoms with van der Waals surface area (Å²) in [5, 5.41) is 1.80. The molecule has 1 aromatic carbocycles. The summed E-state index contributed by atoms with van der Waals surface area (Å²) in [5.41, 5.74) is 0. The first-order valence-electron chi connectivity index (χ1n) is 12.4. The molecule has 0 heterocycles. The Hall–Kier alpha value is -0.430. The lowest BCUT2D eigenvalue weighted by atomic mass is 9.76. The Balaban J connectivity index is 1.99. The average Bonchev–Trinajstić information content (AvgIpc) is 3.16. The molecule has 0 amide bonds. The van der Waals surface area contributed by atoms with Gasteiger partial charge in [-0.1, -0.05) is 103 Å². The van der Waals surface area contributed by atoms with E-state index in [0.717, 1.165) is 34.2 Å². The highest BCUT2D eigenvalue weighted by atomic mass is 32.3. The largest absolute Gasteiger partial charge is 0.211 e. The van der Waals surface area contributed by atoms with Gasteiger partial charge in [0.1, 0.15) is 0 Å². The van der Waals surface area contributed by atoms with Crippen molar-refractivity contribution in [1.82, 2.24) is 0 Å². The fraction of sp³-hybridized carbons (Fsp3) is 0.778. The first-order chi connectivity index (χ1) is 13.6. The second-order valence-electron chi connectivity index (χ2n) is 9.92. The normalized spacial score (nSPS) is 35.2. The Morgan fingerprint density at radius 3 is 2.25 bits per heavy atom. The van der Waals surface area contributed by atoms with Crippen LogP contribution in [0.25, 0.3) is 0 Å². The quantitative estimate of drug-likeness (QED) is 0.408. The van der Waals surface area contributed by atoms with Crippen molar-refractivity contribution in [2.45, 2.75) is 107 Å². The molecule has 0 radical (unpaired) electrons. The Morgan fingerprint density at radius 2 is 1.61 bits per heavy atom. The molecular formula is C27H46S. The second-order valence-corrected chi connectivity index (χ2v) is 13.8. The van der Waals surface area contributed by atoms with E-state index in [1.807, 2.05) is 0 Å². The molecule has 0 aromatic heterocycles. The summed E-state index contributed by atoms with van der Waals surface area (Å²) in [7, 11) is -0.830. The Kier molecular flexibility index (Phi) is 7.99. The molecule has 0 N–H and O–H groups in total. The lowest BCUT2D eigenvalue weighted by Crippen LogP contribution is -2.38. The van der Waals surface area contributed by atoms with Gasteiger partial charge in [0.15, 0.2) is 0 Å². The molecule has 2 aliphatic rings. The Labute approximate surface area is 177 Å². The smallest absolute Gasteiger partial charge is 0.00424 e. The van der Waals surface area contributed by atoms with Crippen LogP contribution in [0.4, 0.5) is 0 Å². The van der Waals surface area contributed by atoms with E-state index >= 15 is 0 Å². The molecule has 0 nitrogen and oxygen atoms in total. The maximum Gasteiger partial charge on any atom is -0.00424 e. The van der Waals surface area contributed by atoms with Crippen LogP contribution in [0.2, 0.25) is 0 Å². The molecule has 0 saturated heterocycles. The van der Waals surface area contributed by atoms with Crippen molar-refractivity contribution < 1.29 is 0 Å². The van der Waals surface area contributed by atoms with Gasteiger partial charge in [-0.05, 0) is 64.6 Å². The average molecular weight is 403 g/mol. The minimum Gasteiger partial charge on any atom is -0.211 e. The number of hydrogen-bond donors (Lipinski definition) is 0. The van der Waals surface area contributed by atoms with Gasteiger partial charge in [0.05, 0.1) is 0 Å². The first kappa shape index (κ1) is 22.3. The van der Waals surface area contributed by atoms with Crippen molar-refractivity contribution in [3.63, 3.8) is 0 Å². The Bertz CT molecular complexity index is 581. The van der Waals surface area contributed by atoms with E-state index in [2.05, 4.69) is 64.3 Å². The van der Waals surface area contributed by atoms with Gasteiger partial charge in [-0.3, -0.25) is 0 Å². The van der Waals surface area contributed by atoms with E-state index in [9.17, 15) is 0 Å². The molecule has 2 saturated carbocycles. The van der Waals surface area contributed by atoms with E-state index in [1.165, 1.54) is 64.2 Å². The zero-order chi connectivity index (χ0) is 20.1. The number of rotatable bonds is 8. The lowest BCUT2D eigenvalue weighted by Gasteiger charge is -2.54. The summed E-state index contributed by atoms with van der Waals surface area (Å²) < 4.78 is 0. The monoisotopic (exact) mass is 402 g/mol. The lowest BCUT2D eigenvalue weighted by molar-refractivity contribution is 0.227. The fourth-order valence-corrected chi connectivity index (χ4v) is 12.1. The predicted octanol–water partition coefficient (Wildman–Crippen LogP) is 8.69. The SMILES string of the molecule is CCCC1CC[C@H](S(C)(c2ccccc2)C(C)C2CCCCC2CC)C1CC. The summed E-state index contributed by atoms with van der Waals surface area (Å²) in [5.74, 6) is 3.84. The van der Waals surface area contributed by atoms with Crippen LogP contribution >= 0.6 is 10.0 Å². The predicted molar refractivity (Wildman–Crippen MR) is 129 cm³/mol. The molecule has 2 aliphatic carbocycles. The van der Waals surface area contributed by atoms with Gasteiger partial charge >= 0.3 is 0 Å². The minimum absolute atomic E-state index is 0.830. The van der Waals surface area contributed by atoms with Gasteiger partial charge < -0.3 is 0 Å². The van der Waals surface area contributed by atoms with E-state index in [0.29, 0.717) is 0 Å². The van der Waals surface area contributed by atoms with Gasteiger partial charge in [-0.15, -0.1) is 0 Å². The van der Waals surface area contributed by atoms with Crippen molar-refractivity contribution in [1.29, 1.82) is 0 Å². The molecule has 1 aromatic rings. The van der Waals surface area contributed by atoms with Crippen molar-refractivity contribution in [3.8, 4) is 0 Å². The molecule has 160 valence electrons. The molecule has 2 fully saturated rings. The van der Waals surface area contributed by atoms with Crippen LogP contribution in [-0.2, 0) is 0 Å². The zero-order valence-electron chi connectivity index (χ0n) is 19.3. The molecule has 0 bridgehead atoms. The maximum absolute atomic E-state index is 2.76. The van der Waals surface area contributed by atoms with Crippen LogP contribution in [0.1, 0.15) is 91.9 Å². The summed E-state index contributed by atoms with van der Waals surface area (Å²) in [6, 6.07) is 11.8. The topological polar surface area (TPSA) is 0 Å². The molecule has 1 heteroatoms. The number of benzene rings is 1. The van der Waals surface area contributed by atoms with Crippen LogP contribution in [0.5, 0.6) is 0 Å². The van der Waals surface area contributed by atoms with E-state index < -0.39 is 10.0 Å². The van der Waals surface area contributed by atoms with Crippen LogP contribution in [0.3, 0.4) is 0 Å². The fourth-order valence-electron chi connectivity index (χ4n) is 7.15. The van der Waals surface area contributed by atoms with Gasteiger partial charge in [-0.2, -0.15) is 0 Å². The highest BCUT2D eigenvalue weighted by Crippen LogP contribution is 2.69. The third-order valence-electron chi connectivity index (χ3n) is 8.78. The summed E-state index contributed by atoms with van der Waals surface area (Å²) in [6.45, 7) is 10.0. The standard InChI is InChI=1S/C27H46S/c1-6-14-23-19-20-27(25(23)8-3)28(5,24-16-10-9-11-17-24)21(4)26-18-13-12-15-22(26)7-2/h9-11,16-17,21-23,25-27H,6-8,12-15,18-20H2,1-5H3/t21?,22?,23?,25?,26?,27-/m0/s1. The van der Waals surface area contributed by atoms with Crippen molar-refractivity contribution in [2.24, 2.45) is 23.7 Å². The van der Waals surface area contributed by atoms with Crippen molar-refractivity contribution >= 4 is 10.0 Å². The van der Waals surface area contributed by atoms with Crippen LogP contribution in [0, 0.1) is 23.7 Å². The van der Waals surface area contributed by atoms with Crippen LogP contribution in [-0.4, -0.2) is 16.8 Å². The molecule has 6 unspecified atom stereocenters. The highest BCUT2D eigenvalue weighted by Gasteiger charge is 2.48. The number of hydrogen-bond acceptors (Lipinski definition) is 0. The van der Waals surface area contributed by atoms with E-state index in [4.69, 9.17) is 0 Å². The third-order valence-corrected chi connectivity index (χ3v) is 13.8. The third kappa shape index (κ3) is 4.21. The minimum atomic E-state index is -0.830. The van der Waals surface area contributed by atoms with Gasteiger partial charge in [0.2, 0.25) is 0 Å². The molecule has 0 spiro atoms. The first-order valence-corrected chi connectivity index (χ1v) is 14.6. The summed E-state index contributed by atoms with van der Waals surface area (Å²) in [6.07, 6.45) is 17.2. The molecule has 0 aliphatic heterocycles. The highest BCUT2D eigenvalue weighted by molar-refractivity contribution is 8.34. The van der Waals surface area contributed by atoms with Gasteiger partial charge in [0.25, 0.3) is 0 Å². The summed E-state index contributed by atoms with van der Waals surface area (Å²) in [4.78, 5) is 1.71. The van der Waals surface area contributed by atoms with Gasteiger partial charge in [-0.25, -0.2) is 10.0 Å². The molecular weight excluding hydrogens is 356 g/mol. The Morgan fingerprint density at radius 1 is 0.893 bits per heavy atom. The molecule has 7 atom stereocenters.